The molecule has 0 aliphatic heterocycles. The van der Waals surface area contributed by atoms with E-state index < -0.39 is 0 Å². The molecule has 0 spiro atoms. The van der Waals surface area contributed by atoms with Gasteiger partial charge in [-0.1, -0.05) is 60.7 Å². The van der Waals surface area contributed by atoms with Gasteiger partial charge in [0, 0.05) is 43.1 Å². The summed E-state index contributed by atoms with van der Waals surface area (Å²) in [5.74, 6) is 1.43. The molecule has 0 saturated heterocycles. The number of hydrogen-bond acceptors (Lipinski definition) is 5. The standard InChI is InChI=1S/C28H29Cl2NOS3/c29-22-11-15-24(16-12-22)33-28(34-25-17-13-23(30)14-18-25)19-27(31-35-26-9-5-2-6-10-26)32-20-21-7-3-1-4-8-21/h2,5-6,9-18,21,28H,1,3-4,7-8,19-20H2/b31-27-. The van der Waals surface area contributed by atoms with Gasteiger partial charge in [0.2, 0.25) is 0 Å². The molecule has 1 aliphatic rings. The summed E-state index contributed by atoms with van der Waals surface area (Å²) in [7, 11) is 0. The van der Waals surface area contributed by atoms with Crippen LogP contribution in [0, 0.1) is 5.92 Å². The van der Waals surface area contributed by atoms with E-state index in [-0.39, 0.29) is 4.58 Å². The van der Waals surface area contributed by atoms with E-state index in [1.807, 2.05) is 66.0 Å². The third-order valence-electron chi connectivity index (χ3n) is 5.71. The highest BCUT2D eigenvalue weighted by Crippen LogP contribution is 2.39. The fraction of sp³-hybridized carbons (Fsp3) is 0.321. The summed E-state index contributed by atoms with van der Waals surface area (Å²) in [6, 6.07) is 26.3. The molecule has 3 aromatic carbocycles. The van der Waals surface area contributed by atoms with Crippen LogP contribution in [0.3, 0.4) is 0 Å². The SMILES string of the molecule is Clc1ccc(SC(C/C(=N/Sc2ccccc2)OCC2CCCCC2)Sc2ccc(Cl)cc2)cc1. The number of rotatable bonds is 10. The van der Waals surface area contributed by atoms with E-state index in [2.05, 4.69) is 36.4 Å². The molecule has 0 unspecified atom stereocenters. The van der Waals surface area contributed by atoms with Gasteiger partial charge < -0.3 is 4.74 Å². The third-order valence-corrected chi connectivity index (χ3v) is 9.52. The van der Waals surface area contributed by atoms with Crippen molar-refractivity contribution < 1.29 is 4.74 Å². The summed E-state index contributed by atoms with van der Waals surface area (Å²) in [6.07, 6.45) is 7.18. The quantitative estimate of drug-likeness (QED) is 0.0806. The van der Waals surface area contributed by atoms with Crippen LogP contribution in [-0.2, 0) is 4.74 Å². The summed E-state index contributed by atoms with van der Waals surface area (Å²) in [5, 5.41) is 1.49. The topological polar surface area (TPSA) is 21.6 Å². The summed E-state index contributed by atoms with van der Waals surface area (Å²) in [6.45, 7) is 0.748. The van der Waals surface area contributed by atoms with Gasteiger partial charge in [0.25, 0.3) is 0 Å². The minimum atomic E-state index is 0.179. The van der Waals surface area contributed by atoms with Crippen molar-refractivity contribution in [2.75, 3.05) is 6.61 Å². The highest BCUT2D eigenvalue weighted by atomic mass is 35.5. The van der Waals surface area contributed by atoms with Crippen molar-refractivity contribution in [2.24, 2.45) is 10.3 Å². The Hall–Kier alpha value is -1.24. The first-order chi connectivity index (χ1) is 17.1. The van der Waals surface area contributed by atoms with E-state index in [1.165, 1.54) is 53.8 Å². The molecule has 0 atom stereocenters. The molecule has 4 rings (SSSR count). The summed E-state index contributed by atoms with van der Waals surface area (Å²) in [4.78, 5) is 3.45. The average molecular weight is 563 g/mol. The Morgan fingerprint density at radius 1 is 0.771 bits per heavy atom. The van der Waals surface area contributed by atoms with E-state index in [4.69, 9.17) is 32.3 Å². The van der Waals surface area contributed by atoms with Crippen LogP contribution in [0.4, 0.5) is 0 Å². The minimum Gasteiger partial charge on any atom is -0.480 e. The maximum atomic E-state index is 6.41. The Labute approximate surface area is 231 Å². The molecule has 7 heteroatoms. The predicted octanol–water partition coefficient (Wildman–Crippen LogP) is 10.3. The van der Waals surface area contributed by atoms with Crippen molar-refractivity contribution >= 4 is 64.6 Å². The first-order valence-corrected chi connectivity index (χ1v) is 15.2. The Kier molecular flexibility index (Phi) is 11.1. The second kappa shape index (κ2) is 14.5. The zero-order valence-corrected chi connectivity index (χ0v) is 23.4. The Bertz CT molecular complexity index is 1010. The van der Waals surface area contributed by atoms with Gasteiger partial charge >= 0.3 is 0 Å². The molecule has 1 saturated carbocycles. The summed E-state index contributed by atoms with van der Waals surface area (Å²) in [5.41, 5.74) is 0. The smallest absolute Gasteiger partial charge is 0.197 e. The largest absolute Gasteiger partial charge is 0.480 e. The van der Waals surface area contributed by atoms with Crippen LogP contribution in [0.15, 0.2) is 97.9 Å². The fourth-order valence-corrected chi connectivity index (χ4v) is 7.23. The zero-order chi connectivity index (χ0) is 24.3. The van der Waals surface area contributed by atoms with Crippen LogP contribution in [-0.4, -0.2) is 17.1 Å². The molecule has 3 aromatic rings. The lowest BCUT2D eigenvalue weighted by molar-refractivity contribution is 0.196. The number of nitrogens with zero attached hydrogens (tertiary/aromatic N) is 1. The van der Waals surface area contributed by atoms with E-state index in [0.29, 0.717) is 12.3 Å². The van der Waals surface area contributed by atoms with Crippen molar-refractivity contribution in [1.82, 2.24) is 0 Å². The minimum absolute atomic E-state index is 0.179. The molecular weight excluding hydrogens is 533 g/mol. The third kappa shape index (κ3) is 9.62. The van der Waals surface area contributed by atoms with Crippen LogP contribution in [0.5, 0.6) is 0 Å². The number of benzene rings is 3. The molecule has 184 valence electrons. The van der Waals surface area contributed by atoms with Crippen molar-refractivity contribution in [1.29, 1.82) is 0 Å². The molecule has 0 radical (unpaired) electrons. The highest BCUT2D eigenvalue weighted by Gasteiger charge is 2.20. The van der Waals surface area contributed by atoms with Crippen LogP contribution in [0.25, 0.3) is 0 Å². The van der Waals surface area contributed by atoms with Gasteiger partial charge in [-0.05, 0) is 79.4 Å². The van der Waals surface area contributed by atoms with Gasteiger partial charge in [-0.3, -0.25) is 0 Å². The number of thioether (sulfide) groups is 2. The zero-order valence-electron chi connectivity index (χ0n) is 19.4. The number of ether oxygens (including phenoxy) is 1. The second-order valence-electron chi connectivity index (χ2n) is 8.48. The first kappa shape index (κ1) is 26.8. The van der Waals surface area contributed by atoms with Gasteiger partial charge in [0.1, 0.15) is 0 Å². The van der Waals surface area contributed by atoms with Crippen LogP contribution in [0.1, 0.15) is 38.5 Å². The van der Waals surface area contributed by atoms with E-state index in [0.717, 1.165) is 27.4 Å². The predicted molar refractivity (Wildman–Crippen MR) is 155 cm³/mol. The van der Waals surface area contributed by atoms with Crippen molar-refractivity contribution in [3.63, 3.8) is 0 Å². The van der Waals surface area contributed by atoms with E-state index >= 15 is 0 Å². The molecule has 1 fully saturated rings. The van der Waals surface area contributed by atoms with Crippen molar-refractivity contribution in [2.45, 2.75) is 57.8 Å². The van der Waals surface area contributed by atoms with Crippen molar-refractivity contribution in [3.8, 4) is 0 Å². The number of halogens is 2. The van der Waals surface area contributed by atoms with Crippen LogP contribution >= 0.6 is 58.7 Å². The molecule has 35 heavy (non-hydrogen) atoms. The van der Waals surface area contributed by atoms with E-state index in [1.54, 1.807) is 0 Å². The Morgan fingerprint density at radius 3 is 1.91 bits per heavy atom. The van der Waals surface area contributed by atoms with Gasteiger partial charge in [-0.2, -0.15) is 4.40 Å². The molecule has 1 aliphatic carbocycles. The van der Waals surface area contributed by atoms with Crippen LogP contribution in [0.2, 0.25) is 10.0 Å². The lowest BCUT2D eigenvalue weighted by atomic mass is 9.90. The average Bonchev–Trinajstić information content (AvgIpc) is 2.89. The molecule has 0 amide bonds. The lowest BCUT2D eigenvalue weighted by Gasteiger charge is -2.23. The molecule has 0 heterocycles. The lowest BCUT2D eigenvalue weighted by Crippen LogP contribution is -2.18. The Balaban J connectivity index is 1.51. The van der Waals surface area contributed by atoms with Crippen LogP contribution < -0.4 is 0 Å². The normalized spacial score (nSPS) is 14.9. The van der Waals surface area contributed by atoms with Gasteiger partial charge in [-0.25, -0.2) is 0 Å². The summed E-state index contributed by atoms with van der Waals surface area (Å²) < 4.78 is 11.5. The van der Waals surface area contributed by atoms with Gasteiger partial charge in [0.05, 0.1) is 11.2 Å². The monoisotopic (exact) mass is 561 g/mol. The highest BCUT2D eigenvalue weighted by molar-refractivity contribution is 8.17. The number of hydrogen-bond donors (Lipinski definition) is 0. The Morgan fingerprint density at radius 2 is 1.34 bits per heavy atom. The van der Waals surface area contributed by atoms with Crippen molar-refractivity contribution in [3.05, 3.63) is 88.9 Å². The first-order valence-electron chi connectivity index (χ1n) is 11.9. The fourth-order valence-electron chi connectivity index (χ4n) is 3.86. The molecule has 0 aromatic heterocycles. The second-order valence-corrected chi connectivity index (χ2v) is 13.0. The maximum absolute atomic E-state index is 6.41. The summed E-state index contributed by atoms with van der Waals surface area (Å²) >= 11 is 17.3. The molecular formula is C28H29Cl2NOS3. The van der Waals surface area contributed by atoms with Gasteiger partial charge in [0.15, 0.2) is 5.90 Å². The molecule has 0 bridgehead atoms. The van der Waals surface area contributed by atoms with E-state index in [9.17, 15) is 0 Å². The maximum Gasteiger partial charge on any atom is 0.197 e. The van der Waals surface area contributed by atoms with Gasteiger partial charge in [-0.15, -0.1) is 23.5 Å². The molecule has 0 N–H and O–H groups in total. The molecule has 2 nitrogen and oxygen atoms in total.